The summed E-state index contributed by atoms with van der Waals surface area (Å²) in [6, 6.07) is 0. The normalized spacial score (nSPS) is 10.8. The maximum Gasteiger partial charge on any atom is 0.313 e. The van der Waals surface area contributed by atoms with Crippen LogP contribution in [0.25, 0.3) is 0 Å². The number of nitrogens with one attached hydrogen (secondary N) is 2. The van der Waals surface area contributed by atoms with E-state index < -0.39 is 10.2 Å². The van der Waals surface area contributed by atoms with Gasteiger partial charge in [0.15, 0.2) is 0 Å². The van der Waals surface area contributed by atoms with Gasteiger partial charge in [-0.2, -0.15) is 8.42 Å². The highest BCUT2D eigenvalue weighted by molar-refractivity contribution is 7.89. The molecule has 8 heavy (non-hydrogen) atoms. The van der Waals surface area contributed by atoms with Crippen molar-refractivity contribution < 1.29 is 8.42 Å². The SMILES string of the molecule is CC(=S)NS([NH])(=O)=O. The summed E-state index contributed by atoms with van der Waals surface area (Å²) in [7, 11) is -3.86. The van der Waals surface area contributed by atoms with Gasteiger partial charge in [0.1, 0.15) is 0 Å². The second-order valence-corrected chi connectivity index (χ2v) is 2.99. The van der Waals surface area contributed by atoms with Gasteiger partial charge in [0, 0.05) is 0 Å². The Hall–Kier alpha value is -0.200. The van der Waals surface area contributed by atoms with Crippen molar-refractivity contribution in [3.05, 3.63) is 0 Å². The summed E-state index contributed by atoms with van der Waals surface area (Å²) < 4.78 is 21.6. The molecule has 0 amide bonds. The minimum Gasteiger partial charge on any atom is -0.264 e. The standard InChI is InChI=1S/C2H5N2O2S2/c1-2(7)4-8(3,5)6/h3H,1H3,(H,4,7). The summed E-state index contributed by atoms with van der Waals surface area (Å²) in [5, 5.41) is 6.24. The monoisotopic (exact) mass is 153 g/mol. The molecule has 0 bridgehead atoms. The van der Waals surface area contributed by atoms with E-state index in [1.165, 1.54) is 6.92 Å². The van der Waals surface area contributed by atoms with Gasteiger partial charge in [-0.15, -0.1) is 5.14 Å². The van der Waals surface area contributed by atoms with Crippen LogP contribution in [0.15, 0.2) is 0 Å². The fourth-order valence-corrected chi connectivity index (χ4v) is 0.897. The summed E-state index contributed by atoms with van der Waals surface area (Å²) in [6.45, 7) is 1.39. The van der Waals surface area contributed by atoms with Gasteiger partial charge in [-0.05, 0) is 6.92 Å². The number of thiocarbonyl (C=S) groups is 1. The first-order valence-corrected chi connectivity index (χ1v) is 3.59. The minimum atomic E-state index is -3.86. The highest BCUT2D eigenvalue weighted by Crippen LogP contribution is 1.72. The van der Waals surface area contributed by atoms with E-state index in [2.05, 4.69) is 12.2 Å². The van der Waals surface area contributed by atoms with Crippen molar-refractivity contribution in [2.24, 2.45) is 0 Å². The quantitative estimate of drug-likeness (QED) is 0.514. The van der Waals surface area contributed by atoms with Crippen LogP contribution >= 0.6 is 12.2 Å². The van der Waals surface area contributed by atoms with Crippen molar-refractivity contribution in [1.82, 2.24) is 9.86 Å². The van der Waals surface area contributed by atoms with Gasteiger partial charge < -0.3 is 0 Å². The van der Waals surface area contributed by atoms with E-state index in [9.17, 15) is 8.42 Å². The Labute approximate surface area is 53.2 Å². The van der Waals surface area contributed by atoms with Crippen molar-refractivity contribution in [3.8, 4) is 0 Å². The molecule has 6 heteroatoms. The Balaban J connectivity index is 3.95. The van der Waals surface area contributed by atoms with Crippen LogP contribution in [0.4, 0.5) is 0 Å². The first-order chi connectivity index (χ1) is 3.42. The van der Waals surface area contributed by atoms with E-state index in [1.807, 2.05) is 0 Å². The zero-order valence-electron chi connectivity index (χ0n) is 4.13. The highest BCUT2D eigenvalue weighted by atomic mass is 32.2. The van der Waals surface area contributed by atoms with Crippen molar-refractivity contribution in [2.75, 3.05) is 0 Å². The van der Waals surface area contributed by atoms with Gasteiger partial charge in [0.2, 0.25) is 0 Å². The van der Waals surface area contributed by atoms with E-state index >= 15 is 0 Å². The van der Waals surface area contributed by atoms with E-state index in [0.29, 0.717) is 0 Å². The lowest BCUT2D eigenvalue weighted by molar-refractivity contribution is 0.593. The molecule has 0 aliphatic carbocycles. The fraction of sp³-hybridized carbons (Fsp3) is 0.500. The molecular weight excluding hydrogens is 148 g/mol. The van der Waals surface area contributed by atoms with Crippen LogP contribution in [0.2, 0.25) is 0 Å². The smallest absolute Gasteiger partial charge is 0.264 e. The molecule has 0 aromatic carbocycles. The molecule has 0 aromatic rings. The first-order valence-electron chi connectivity index (χ1n) is 1.70. The maximum atomic E-state index is 9.91. The molecular formula is C2H5N2O2S2. The lowest BCUT2D eigenvalue weighted by atomic mass is 10.8. The van der Waals surface area contributed by atoms with Gasteiger partial charge in [-0.1, -0.05) is 12.2 Å². The Bertz CT molecular complexity index is 182. The molecule has 0 aliphatic heterocycles. The maximum absolute atomic E-state index is 9.91. The molecule has 0 aliphatic rings. The Morgan fingerprint density at radius 2 is 2.12 bits per heavy atom. The van der Waals surface area contributed by atoms with Gasteiger partial charge in [0.25, 0.3) is 0 Å². The number of rotatable bonds is 1. The van der Waals surface area contributed by atoms with Crippen LogP contribution in [0, 0.1) is 0 Å². The summed E-state index contributed by atoms with van der Waals surface area (Å²) in [5.41, 5.74) is 0. The topological polar surface area (TPSA) is 70.0 Å². The van der Waals surface area contributed by atoms with Gasteiger partial charge >= 0.3 is 10.2 Å². The molecule has 2 N–H and O–H groups in total. The molecule has 0 heterocycles. The average Bonchev–Trinajstić information content (AvgIpc) is 1.21. The third kappa shape index (κ3) is 5.80. The molecule has 0 saturated carbocycles. The summed E-state index contributed by atoms with van der Waals surface area (Å²) in [6.07, 6.45) is 0. The molecule has 0 rings (SSSR count). The Morgan fingerprint density at radius 3 is 2.12 bits per heavy atom. The second kappa shape index (κ2) is 2.38. The van der Waals surface area contributed by atoms with Crippen molar-refractivity contribution >= 4 is 27.4 Å². The summed E-state index contributed by atoms with van der Waals surface area (Å²) in [4.78, 5) is 0.0833. The number of hydrogen-bond acceptors (Lipinski definition) is 3. The molecule has 0 atom stereocenters. The summed E-state index contributed by atoms with van der Waals surface area (Å²) in [5.74, 6) is 0. The summed E-state index contributed by atoms with van der Waals surface area (Å²) >= 11 is 4.33. The van der Waals surface area contributed by atoms with Gasteiger partial charge in [-0.3, -0.25) is 4.72 Å². The van der Waals surface area contributed by atoms with Crippen molar-refractivity contribution in [2.45, 2.75) is 6.92 Å². The lowest BCUT2D eigenvalue weighted by Crippen LogP contribution is -2.26. The molecule has 1 radical (unpaired) electrons. The predicted octanol–water partition coefficient (Wildman–Crippen LogP) is -0.549. The Kier molecular flexibility index (Phi) is 2.32. The largest absolute Gasteiger partial charge is 0.313 e. The molecule has 0 aromatic heterocycles. The van der Waals surface area contributed by atoms with Crippen LogP contribution in [-0.2, 0) is 10.2 Å². The number of hydrogen-bond donors (Lipinski definition) is 1. The predicted molar refractivity (Wildman–Crippen MR) is 33.4 cm³/mol. The van der Waals surface area contributed by atoms with Crippen LogP contribution in [0.1, 0.15) is 6.92 Å². The van der Waals surface area contributed by atoms with Crippen molar-refractivity contribution in [3.63, 3.8) is 0 Å². The zero-order chi connectivity index (χ0) is 6.78. The Morgan fingerprint density at radius 1 is 1.75 bits per heavy atom. The first kappa shape index (κ1) is 7.80. The highest BCUT2D eigenvalue weighted by Gasteiger charge is 1.98. The minimum absolute atomic E-state index is 0.0833. The van der Waals surface area contributed by atoms with Gasteiger partial charge in [0.05, 0.1) is 4.99 Å². The van der Waals surface area contributed by atoms with E-state index in [-0.39, 0.29) is 4.99 Å². The fourth-order valence-electron chi connectivity index (χ4n) is 0.189. The van der Waals surface area contributed by atoms with Crippen molar-refractivity contribution in [1.29, 1.82) is 0 Å². The molecule has 0 fully saturated rings. The van der Waals surface area contributed by atoms with E-state index in [4.69, 9.17) is 5.14 Å². The second-order valence-electron chi connectivity index (χ2n) is 1.16. The molecule has 0 spiro atoms. The van der Waals surface area contributed by atoms with Gasteiger partial charge in [-0.25, -0.2) is 0 Å². The van der Waals surface area contributed by atoms with E-state index in [1.54, 1.807) is 4.72 Å². The van der Waals surface area contributed by atoms with Crippen LogP contribution < -0.4 is 9.86 Å². The molecule has 0 unspecified atom stereocenters. The molecule has 0 saturated heterocycles. The zero-order valence-corrected chi connectivity index (χ0v) is 5.77. The molecule has 4 nitrogen and oxygen atoms in total. The molecule has 47 valence electrons. The third-order valence-electron chi connectivity index (χ3n) is 0.278. The average molecular weight is 153 g/mol. The lowest BCUT2D eigenvalue weighted by Gasteiger charge is -1.94. The van der Waals surface area contributed by atoms with Crippen LogP contribution in [-0.4, -0.2) is 13.4 Å². The third-order valence-corrected chi connectivity index (χ3v) is 1.08. The van der Waals surface area contributed by atoms with E-state index in [0.717, 1.165) is 0 Å². The van der Waals surface area contributed by atoms with Crippen LogP contribution in [0.5, 0.6) is 0 Å². The van der Waals surface area contributed by atoms with Crippen LogP contribution in [0.3, 0.4) is 0 Å².